The Morgan fingerprint density at radius 1 is 1.28 bits per heavy atom. The lowest BCUT2D eigenvalue weighted by Gasteiger charge is -2.12. The van der Waals surface area contributed by atoms with Crippen molar-refractivity contribution < 1.29 is 4.39 Å². The van der Waals surface area contributed by atoms with E-state index >= 15 is 0 Å². The normalized spacial score (nSPS) is 11.2. The third kappa shape index (κ3) is 1.42. The van der Waals surface area contributed by atoms with Gasteiger partial charge in [0.1, 0.15) is 5.82 Å². The van der Waals surface area contributed by atoms with E-state index in [2.05, 4.69) is 9.97 Å². The number of rotatable bonds is 0. The molecular weight excluding hydrogens is 237 g/mol. The number of H-pyrrole nitrogens is 1. The number of halogens is 1. The molecule has 1 N–H and O–H groups in total. The summed E-state index contributed by atoms with van der Waals surface area (Å²) >= 11 is 0. The van der Waals surface area contributed by atoms with Crippen LogP contribution in [0.5, 0.6) is 0 Å². The van der Waals surface area contributed by atoms with Crippen LogP contribution in [0.25, 0.3) is 22.3 Å². The Labute approximate surface area is 99.9 Å². The first kappa shape index (κ1) is 10.6. The van der Waals surface area contributed by atoms with Crippen molar-refractivity contribution in [1.29, 1.82) is 0 Å². The van der Waals surface area contributed by atoms with Gasteiger partial charge in [0, 0.05) is 7.05 Å². The molecular formula is C12H8FN3O2. The van der Waals surface area contributed by atoms with Crippen molar-refractivity contribution >= 4 is 10.9 Å². The van der Waals surface area contributed by atoms with Gasteiger partial charge in [-0.15, -0.1) is 0 Å². The summed E-state index contributed by atoms with van der Waals surface area (Å²) in [7, 11) is 1.63. The number of aromatic nitrogens is 3. The van der Waals surface area contributed by atoms with E-state index in [1.54, 1.807) is 19.2 Å². The Morgan fingerprint density at radius 2 is 2.06 bits per heavy atom. The zero-order chi connectivity index (χ0) is 12.9. The second kappa shape index (κ2) is 3.49. The van der Waals surface area contributed by atoms with Gasteiger partial charge in [0.05, 0.1) is 11.1 Å². The zero-order valence-corrected chi connectivity index (χ0v) is 9.40. The smallest absolute Gasteiger partial charge is 0.328 e. The van der Waals surface area contributed by atoms with Gasteiger partial charge in [-0.25, -0.2) is 9.18 Å². The molecule has 90 valence electrons. The molecule has 1 aromatic carbocycles. The van der Waals surface area contributed by atoms with Gasteiger partial charge in [0.15, 0.2) is 5.82 Å². The maximum Gasteiger partial charge on any atom is 0.349 e. The molecule has 0 atom stereocenters. The van der Waals surface area contributed by atoms with Crippen LogP contribution in [0.3, 0.4) is 0 Å². The first-order valence-corrected chi connectivity index (χ1v) is 5.25. The van der Waals surface area contributed by atoms with Crippen LogP contribution in [-0.4, -0.2) is 14.5 Å². The van der Waals surface area contributed by atoms with Gasteiger partial charge in [0.2, 0.25) is 0 Å². The van der Waals surface area contributed by atoms with Crippen LogP contribution in [0, 0.1) is 5.82 Å². The molecule has 0 saturated carbocycles. The number of aromatic amines is 1. The van der Waals surface area contributed by atoms with E-state index in [4.69, 9.17) is 0 Å². The highest BCUT2D eigenvalue weighted by molar-refractivity contribution is 5.85. The molecule has 0 bridgehead atoms. The van der Waals surface area contributed by atoms with Gasteiger partial charge in [-0.2, -0.15) is 4.98 Å². The van der Waals surface area contributed by atoms with Crippen LogP contribution in [0.15, 0.2) is 33.9 Å². The van der Waals surface area contributed by atoms with Gasteiger partial charge in [-0.3, -0.25) is 9.78 Å². The molecule has 1 aromatic rings. The van der Waals surface area contributed by atoms with Crippen molar-refractivity contribution in [2.75, 3.05) is 0 Å². The summed E-state index contributed by atoms with van der Waals surface area (Å²) in [5.74, 6) is -0.147. The summed E-state index contributed by atoms with van der Waals surface area (Å²) < 4.78 is 14.7. The molecule has 0 amide bonds. The fraction of sp³-hybridized carbons (Fsp3) is 0.0833. The Balaban J connectivity index is 2.61. The third-order valence-electron chi connectivity index (χ3n) is 2.88. The number of aryl methyl sites for hydroxylation is 1. The summed E-state index contributed by atoms with van der Waals surface area (Å²) in [6.07, 6.45) is 0. The molecule has 0 saturated heterocycles. The van der Waals surface area contributed by atoms with Crippen LogP contribution in [0.1, 0.15) is 0 Å². The Morgan fingerprint density at radius 3 is 2.83 bits per heavy atom. The minimum Gasteiger partial charge on any atom is -0.328 e. The predicted octanol–water partition coefficient (Wildman–Crippen LogP) is 0.866. The summed E-state index contributed by atoms with van der Waals surface area (Å²) in [5.41, 5.74) is -0.332. The molecule has 0 aliphatic carbocycles. The largest absolute Gasteiger partial charge is 0.349 e. The lowest BCUT2D eigenvalue weighted by atomic mass is 10.1. The van der Waals surface area contributed by atoms with Gasteiger partial charge in [-0.05, 0) is 29.7 Å². The van der Waals surface area contributed by atoms with Crippen molar-refractivity contribution in [3.63, 3.8) is 0 Å². The molecule has 0 aromatic heterocycles. The minimum absolute atomic E-state index is 0.238. The molecule has 2 aliphatic heterocycles. The fourth-order valence-corrected chi connectivity index (χ4v) is 2.04. The van der Waals surface area contributed by atoms with Crippen molar-refractivity contribution in [2.45, 2.75) is 0 Å². The van der Waals surface area contributed by atoms with Crippen molar-refractivity contribution in [3.8, 4) is 11.4 Å². The van der Waals surface area contributed by atoms with Crippen LogP contribution in [0.4, 0.5) is 4.39 Å². The van der Waals surface area contributed by atoms with Crippen LogP contribution < -0.4 is 11.2 Å². The van der Waals surface area contributed by atoms with E-state index in [0.717, 1.165) is 0 Å². The van der Waals surface area contributed by atoms with Gasteiger partial charge in [-0.1, -0.05) is 0 Å². The van der Waals surface area contributed by atoms with Crippen molar-refractivity contribution in [2.24, 2.45) is 7.05 Å². The van der Waals surface area contributed by atoms with Gasteiger partial charge < -0.3 is 4.57 Å². The summed E-state index contributed by atoms with van der Waals surface area (Å²) in [6.45, 7) is 0. The topological polar surface area (TPSA) is 67.8 Å². The number of fused-ring (bicyclic) bond motifs is 2. The summed E-state index contributed by atoms with van der Waals surface area (Å²) in [6, 6.07) is 5.82. The number of benzene rings is 1. The van der Waals surface area contributed by atoms with E-state index in [9.17, 15) is 14.0 Å². The molecule has 3 rings (SSSR count). The minimum atomic E-state index is -0.709. The third-order valence-corrected chi connectivity index (χ3v) is 2.88. The highest BCUT2D eigenvalue weighted by Gasteiger charge is 2.14. The number of nitrogens with zero attached hydrogens (tertiary/aromatic N) is 2. The summed E-state index contributed by atoms with van der Waals surface area (Å²) in [4.78, 5) is 28.7. The monoisotopic (exact) mass is 245 g/mol. The van der Waals surface area contributed by atoms with E-state index in [0.29, 0.717) is 16.5 Å². The Kier molecular flexibility index (Phi) is 2.07. The van der Waals surface area contributed by atoms with Crippen LogP contribution in [-0.2, 0) is 7.05 Å². The first-order valence-electron chi connectivity index (χ1n) is 5.25. The second-order valence-electron chi connectivity index (χ2n) is 4.01. The number of hydrogen-bond donors (Lipinski definition) is 1. The van der Waals surface area contributed by atoms with Crippen molar-refractivity contribution in [3.05, 3.63) is 50.9 Å². The van der Waals surface area contributed by atoms with E-state index in [1.165, 1.54) is 16.7 Å². The molecule has 0 radical (unpaired) electrons. The standard InChI is InChI=1S/C12H8FN3O2/c1-16-9-5-7(13)3-2-6(9)4-8-10(16)14-12(18)15-11(8)17/h2-5H,1H3,(H,15,17,18). The average Bonchev–Trinajstić information content (AvgIpc) is 2.32. The molecule has 0 unspecified atom stereocenters. The van der Waals surface area contributed by atoms with Gasteiger partial charge in [0.25, 0.3) is 5.56 Å². The maximum absolute atomic E-state index is 13.2. The number of pyridine rings is 1. The predicted molar refractivity (Wildman–Crippen MR) is 64.2 cm³/mol. The number of nitrogens with one attached hydrogen (secondary N) is 1. The molecule has 2 heterocycles. The molecule has 5 nitrogen and oxygen atoms in total. The maximum atomic E-state index is 13.2. The molecule has 0 fully saturated rings. The molecule has 0 spiro atoms. The Bertz CT molecular complexity index is 850. The molecule has 18 heavy (non-hydrogen) atoms. The second-order valence-corrected chi connectivity index (χ2v) is 4.01. The zero-order valence-electron chi connectivity index (χ0n) is 9.40. The van der Waals surface area contributed by atoms with Gasteiger partial charge >= 0.3 is 5.69 Å². The fourth-order valence-electron chi connectivity index (χ4n) is 2.04. The average molecular weight is 245 g/mol. The molecule has 2 aliphatic rings. The number of hydrogen-bond acceptors (Lipinski definition) is 3. The summed E-state index contributed by atoms with van der Waals surface area (Å²) in [5, 5.41) is 0.706. The van der Waals surface area contributed by atoms with Crippen LogP contribution >= 0.6 is 0 Å². The lowest BCUT2D eigenvalue weighted by Crippen LogP contribution is -2.27. The highest BCUT2D eigenvalue weighted by atomic mass is 19.1. The highest BCUT2D eigenvalue weighted by Crippen LogP contribution is 2.22. The van der Waals surface area contributed by atoms with E-state index in [1.807, 2.05) is 0 Å². The quantitative estimate of drug-likeness (QED) is 0.597. The van der Waals surface area contributed by atoms with Crippen molar-refractivity contribution in [1.82, 2.24) is 14.5 Å². The molecule has 6 heteroatoms. The lowest BCUT2D eigenvalue weighted by molar-refractivity contribution is 0.628. The Hall–Kier alpha value is -2.50. The van der Waals surface area contributed by atoms with Crippen LogP contribution in [0.2, 0.25) is 0 Å². The van der Waals surface area contributed by atoms with E-state index < -0.39 is 11.2 Å². The SMILES string of the molecule is Cn1c2nc(=O)[nH]c(=O)c-2cc2ccc(F)cc21. The first-order chi connectivity index (χ1) is 8.56. The van der Waals surface area contributed by atoms with E-state index in [-0.39, 0.29) is 11.6 Å².